The number of pyridine rings is 1. The fourth-order valence-corrected chi connectivity index (χ4v) is 4.01. The van der Waals surface area contributed by atoms with Gasteiger partial charge in [0.1, 0.15) is 17.5 Å². The van der Waals surface area contributed by atoms with Crippen molar-refractivity contribution in [1.29, 1.82) is 0 Å². The fourth-order valence-electron chi connectivity index (χ4n) is 3.84. The molecule has 4 rings (SSSR count). The molecule has 1 saturated carbocycles. The van der Waals surface area contributed by atoms with E-state index in [9.17, 15) is 4.79 Å². The number of nitrogens with zero attached hydrogens (tertiary/aromatic N) is 2. The molecule has 0 spiro atoms. The summed E-state index contributed by atoms with van der Waals surface area (Å²) in [4.78, 5) is 16.4. The van der Waals surface area contributed by atoms with Gasteiger partial charge in [-0.1, -0.05) is 48.8 Å². The molecule has 1 fully saturated rings. The molecule has 1 aliphatic carbocycles. The Morgan fingerprint density at radius 1 is 1.27 bits per heavy atom. The first kappa shape index (κ1) is 20.4. The van der Waals surface area contributed by atoms with Gasteiger partial charge in [-0.05, 0) is 48.4 Å². The molecule has 1 aliphatic rings. The Balaban J connectivity index is 1.30. The molecule has 2 unspecified atom stereocenters. The van der Waals surface area contributed by atoms with Crippen molar-refractivity contribution in [2.75, 3.05) is 0 Å². The third-order valence-electron chi connectivity index (χ3n) is 5.95. The highest BCUT2D eigenvalue weighted by Crippen LogP contribution is 2.47. The van der Waals surface area contributed by atoms with Crippen molar-refractivity contribution in [3.8, 4) is 5.75 Å². The van der Waals surface area contributed by atoms with Crippen LogP contribution in [0.15, 0.2) is 59.3 Å². The zero-order chi connectivity index (χ0) is 21.1. The van der Waals surface area contributed by atoms with Crippen LogP contribution in [0.4, 0.5) is 0 Å². The van der Waals surface area contributed by atoms with Crippen LogP contribution in [0.5, 0.6) is 5.75 Å². The van der Waals surface area contributed by atoms with Crippen LogP contribution in [0, 0.1) is 11.3 Å². The minimum Gasteiger partial charge on any atom is -0.486 e. The van der Waals surface area contributed by atoms with Crippen molar-refractivity contribution in [2.24, 2.45) is 11.3 Å². The molecule has 0 radical (unpaired) electrons. The summed E-state index contributed by atoms with van der Waals surface area (Å²) < 4.78 is 11.1. The lowest BCUT2D eigenvalue weighted by Gasteiger charge is -2.52. The number of benzene rings is 1. The highest BCUT2D eigenvalue weighted by molar-refractivity contribution is 6.29. The van der Waals surface area contributed by atoms with E-state index < -0.39 is 0 Å². The quantitative estimate of drug-likeness (QED) is 0.555. The van der Waals surface area contributed by atoms with E-state index in [2.05, 4.69) is 29.3 Å². The number of ether oxygens (including phenoxy) is 1. The second-order valence-corrected chi connectivity index (χ2v) is 8.62. The highest BCUT2D eigenvalue weighted by Gasteiger charge is 2.48. The van der Waals surface area contributed by atoms with E-state index in [0.717, 1.165) is 24.3 Å². The number of carbonyl (C=O) groups is 1. The fraction of sp³-hybridized carbons (Fsp3) is 0.348. The number of halogens is 1. The number of carbonyl (C=O) groups excluding carboxylic acids is 1. The second kappa shape index (κ2) is 8.48. The number of nitrogens with one attached hydrogen (secondary N) is 1. The molecule has 0 aliphatic heterocycles. The molecule has 2 heterocycles. The maximum Gasteiger partial charge on any atom is 0.251 e. The molecule has 30 heavy (non-hydrogen) atoms. The molecule has 0 saturated heterocycles. The van der Waals surface area contributed by atoms with E-state index in [4.69, 9.17) is 20.9 Å². The SMILES string of the molecule is CC1(C)C(Cc2cc(COc3ccccc3)on2)CC1NC(=O)c1ccnc(Cl)c1. The summed E-state index contributed by atoms with van der Waals surface area (Å²) in [6.45, 7) is 4.69. The van der Waals surface area contributed by atoms with Crippen molar-refractivity contribution in [3.63, 3.8) is 0 Å². The van der Waals surface area contributed by atoms with Crippen molar-refractivity contribution in [1.82, 2.24) is 15.5 Å². The minimum absolute atomic E-state index is 0.0495. The summed E-state index contributed by atoms with van der Waals surface area (Å²) in [6, 6.07) is 14.9. The first-order chi connectivity index (χ1) is 14.4. The molecule has 0 bridgehead atoms. The standard InChI is InChI=1S/C23H24ClN3O3/c1-23(2)16(12-20(23)26-22(28)15-8-9-25-21(24)10-15)11-17-13-19(30-27-17)14-29-18-6-4-3-5-7-18/h3-10,13,16,20H,11-12,14H2,1-2H3,(H,26,28). The third kappa shape index (κ3) is 4.49. The predicted molar refractivity (Wildman–Crippen MR) is 113 cm³/mol. The van der Waals surface area contributed by atoms with E-state index >= 15 is 0 Å². The summed E-state index contributed by atoms with van der Waals surface area (Å²) in [5.41, 5.74) is 1.38. The maximum atomic E-state index is 12.5. The summed E-state index contributed by atoms with van der Waals surface area (Å²) in [7, 11) is 0. The van der Waals surface area contributed by atoms with E-state index in [-0.39, 0.29) is 17.4 Å². The van der Waals surface area contributed by atoms with Crippen molar-refractivity contribution in [3.05, 3.63) is 76.9 Å². The van der Waals surface area contributed by atoms with Gasteiger partial charge in [-0.15, -0.1) is 0 Å². The lowest BCUT2D eigenvalue weighted by Crippen LogP contribution is -2.58. The average molecular weight is 426 g/mol. The molecule has 7 heteroatoms. The summed E-state index contributed by atoms with van der Waals surface area (Å²) in [5.74, 6) is 1.77. The number of aromatic nitrogens is 2. The van der Waals surface area contributed by atoms with E-state index in [1.165, 1.54) is 6.20 Å². The lowest BCUT2D eigenvalue weighted by molar-refractivity contribution is 0.0138. The van der Waals surface area contributed by atoms with Gasteiger partial charge < -0.3 is 14.6 Å². The Kier molecular flexibility index (Phi) is 5.77. The third-order valence-corrected chi connectivity index (χ3v) is 6.16. The molecule has 156 valence electrons. The Morgan fingerprint density at radius 3 is 2.80 bits per heavy atom. The van der Waals surface area contributed by atoms with Gasteiger partial charge in [0, 0.05) is 23.9 Å². The van der Waals surface area contributed by atoms with E-state index in [1.54, 1.807) is 12.1 Å². The number of hydrogen-bond donors (Lipinski definition) is 1. The van der Waals surface area contributed by atoms with Gasteiger partial charge in [-0.2, -0.15) is 0 Å². The van der Waals surface area contributed by atoms with E-state index in [0.29, 0.717) is 29.0 Å². The molecule has 6 nitrogen and oxygen atoms in total. The normalized spacial score (nSPS) is 19.7. The topological polar surface area (TPSA) is 77.3 Å². The molecule has 1 N–H and O–H groups in total. The lowest BCUT2D eigenvalue weighted by atomic mass is 9.57. The van der Waals surface area contributed by atoms with Gasteiger partial charge >= 0.3 is 0 Å². The largest absolute Gasteiger partial charge is 0.486 e. The smallest absolute Gasteiger partial charge is 0.251 e. The first-order valence-corrected chi connectivity index (χ1v) is 10.3. The summed E-state index contributed by atoms with van der Waals surface area (Å²) in [5, 5.41) is 7.63. The molecule has 2 aromatic heterocycles. The molecular weight excluding hydrogens is 402 g/mol. The average Bonchev–Trinajstić information content (AvgIpc) is 3.20. The van der Waals surface area contributed by atoms with Crippen LogP contribution in [0.25, 0.3) is 0 Å². The Bertz CT molecular complexity index is 1020. The zero-order valence-corrected chi connectivity index (χ0v) is 17.7. The van der Waals surface area contributed by atoms with Crippen LogP contribution in [-0.2, 0) is 13.0 Å². The van der Waals surface area contributed by atoms with Gasteiger partial charge in [-0.25, -0.2) is 4.98 Å². The second-order valence-electron chi connectivity index (χ2n) is 8.24. The first-order valence-electron chi connectivity index (χ1n) is 9.96. The Hall–Kier alpha value is -2.86. The number of para-hydroxylation sites is 1. The van der Waals surface area contributed by atoms with Crippen LogP contribution >= 0.6 is 11.6 Å². The van der Waals surface area contributed by atoms with Crippen LogP contribution < -0.4 is 10.1 Å². The van der Waals surface area contributed by atoms with Gasteiger partial charge in [0.25, 0.3) is 5.91 Å². The van der Waals surface area contributed by atoms with Gasteiger partial charge in [0.15, 0.2) is 5.76 Å². The van der Waals surface area contributed by atoms with Gasteiger partial charge in [0.2, 0.25) is 0 Å². The van der Waals surface area contributed by atoms with E-state index in [1.807, 2.05) is 36.4 Å². The van der Waals surface area contributed by atoms with Crippen molar-refractivity contribution >= 4 is 17.5 Å². The van der Waals surface area contributed by atoms with Crippen molar-refractivity contribution < 1.29 is 14.1 Å². The number of amides is 1. The number of hydrogen-bond acceptors (Lipinski definition) is 5. The van der Waals surface area contributed by atoms with Crippen molar-refractivity contribution in [2.45, 2.75) is 39.3 Å². The highest BCUT2D eigenvalue weighted by atomic mass is 35.5. The number of rotatable bonds is 7. The van der Waals surface area contributed by atoms with Crippen LogP contribution in [0.3, 0.4) is 0 Å². The molecule has 1 amide bonds. The van der Waals surface area contributed by atoms with Gasteiger partial charge in [-0.3, -0.25) is 4.79 Å². The minimum atomic E-state index is -0.127. The van der Waals surface area contributed by atoms with Crippen LogP contribution in [-0.4, -0.2) is 22.1 Å². The van der Waals surface area contributed by atoms with Crippen LogP contribution in [0.2, 0.25) is 5.15 Å². The Morgan fingerprint density at radius 2 is 2.07 bits per heavy atom. The molecule has 2 atom stereocenters. The monoisotopic (exact) mass is 425 g/mol. The molecule has 1 aromatic carbocycles. The summed E-state index contributed by atoms with van der Waals surface area (Å²) >= 11 is 5.89. The Labute approximate surface area is 180 Å². The van der Waals surface area contributed by atoms with Gasteiger partial charge in [0.05, 0.1) is 5.69 Å². The van der Waals surface area contributed by atoms with Crippen LogP contribution in [0.1, 0.15) is 42.1 Å². The maximum absolute atomic E-state index is 12.5. The molecule has 3 aromatic rings. The predicted octanol–water partition coefficient (Wildman–Crippen LogP) is 4.69. The summed E-state index contributed by atoms with van der Waals surface area (Å²) in [6.07, 6.45) is 3.23. The molecular formula is C23H24ClN3O3. The zero-order valence-electron chi connectivity index (χ0n) is 17.0.